The van der Waals surface area contributed by atoms with E-state index in [1.807, 2.05) is 0 Å². The number of aliphatic carboxylic acids is 1. The van der Waals surface area contributed by atoms with Crippen molar-refractivity contribution in [1.29, 1.82) is 0 Å². The van der Waals surface area contributed by atoms with Gasteiger partial charge in [-0.25, -0.2) is 0 Å². The number of aryl methyl sites for hydroxylation is 3. The van der Waals surface area contributed by atoms with Gasteiger partial charge in [0.25, 0.3) is 0 Å². The van der Waals surface area contributed by atoms with E-state index < -0.39 is 5.97 Å². The molecule has 5 nitrogen and oxygen atoms in total. The van der Waals surface area contributed by atoms with Crippen molar-refractivity contribution < 1.29 is 19.4 Å². The SMILES string of the molecule is Cc1cc2c(CCCC(=O)O)c3cc(C)c(=O)c(Cl)c-3oc2c(Cl)c1O. The van der Waals surface area contributed by atoms with E-state index in [9.17, 15) is 14.7 Å². The highest BCUT2D eigenvalue weighted by Gasteiger charge is 2.24. The van der Waals surface area contributed by atoms with Crippen LogP contribution in [0.2, 0.25) is 10.0 Å². The molecule has 26 heavy (non-hydrogen) atoms. The van der Waals surface area contributed by atoms with Crippen LogP contribution in [-0.2, 0) is 11.2 Å². The van der Waals surface area contributed by atoms with Gasteiger partial charge in [0.1, 0.15) is 15.8 Å². The minimum Gasteiger partial charge on any atom is -0.506 e. The van der Waals surface area contributed by atoms with Crippen LogP contribution in [0, 0.1) is 13.8 Å². The Morgan fingerprint density at radius 3 is 2.50 bits per heavy atom. The lowest BCUT2D eigenvalue weighted by Gasteiger charge is -2.18. The third-order valence-electron chi connectivity index (χ3n) is 4.42. The number of halogens is 2. The molecule has 136 valence electrons. The third kappa shape index (κ3) is 3.02. The summed E-state index contributed by atoms with van der Waals surface area (Å²) >= 11 is 12.5. The molecule has 0 saturated carbocycles. The van der Waals surface area contributed by atoms with Crippen molar-refractivity contribution in [1.82, 2.24) is 0 Å². The number of carboxylic acid groups (broad SMARTS) is 1. The van der Waals surface area contributed by atoms with Crippen molar-refractivity contribution in [3.05, 3.63) is 49.1 Å². The Hall–Kier alpha value is -2.24. The first-order chi connectivity index (χ1) is 12.2. The monoisotopic (exact) mass is 394 g/mol. The Labute approximate surface area is 159 Å². The van der Waals surface area contributed by atoms with Crippen LogP contribution in [0.4, 0.5) is 0 Å². The van der Waals surface area contributed by atoms with Gasteiger partial charge < -0.3 is 14.6 Å². The fraction of sp³-hybridized carbons (Fsp3) is 0.263. The van der Waals surface area contributed by atoms with Crippen LogP contribution in [0.15, 0.2) is 21.3 Å². The summed E-state index contributed by atoms with van der Waals surface area (Å²) in [5.41, 5.74) is 2.35. The molecule has 1 aliphatic carbocycles. The molecule has 0 radical (unpaired) electrons. The van der Waals surface area contributed by atoms with Gasteiger partial charge in [0.05, 0.1) is 0 Å². The highest BCUT2D eigenvalue weighted by molar-refractivity contribution is 6.37. The zero-order valence-corrected chi connectivity index (χ0v) is 15.7. The number of carboxylic acids is 1. The summed E-state index contributed by atoms with van der Waals surface area (Å²) < 4.78 is 5.81. The van der Waals surface area contributed by atoms with E-state index in [-0.39, 0.29) is 39.0 Å². The molecule has 0 fully saturated rings. The van der Waals surface area contributed by atoms with Crippen LogP contribution < -0.4 is 5.43 Å². The van der Waals surface area contributed by atoms with Gasteiger partial charge in [-0.1, -0.05) is 23.2 Å². The van der Waals surface area contributed by atoms with E-state index in [0.29, 0.717) is 34.9 Å². The Bertz CT molecular complexity index is 1070. The predicted octanol–water partition coefficient (Wildman–Crippen LogP) is 4.93. The first-order valence-electron chi connectivity index (χ1n) is 8.00. The molecule has 1 aliphatic heterocycles. The lowest BCUT2D eigenvalue weighted by Crippen LogP contribution is -2.09. The first kappa shape index (κ1) is 18.5. The fourth-order valence-electron chi connectivity index (χ4n) is 3.07. The first-order valence-corrected chi connectivity index (χ1v) is 8.76. The topological polar surface area (TPSA) is 87.7 Å². The molecule has 0 spiro atoms. The molecule has 0 aromatic heterocycles. The van der Waals surface area contributed by atoms with Crippen molar-refractivity contribution in [2.75, 3.05) is 0 Å². The maximum atomic E-state index is 12.2. The number of phenolic OH excluding ortho intramolecular Hbond substituents is 1. The molecule has 1 aromatic rings. The standard InChI is InChI=1S/C19H16Cl2O5/c1-8-6-11-10(4-3-5-13(22)23)12-7-9(2)17(25)15(21)19(12)26-18(11)14(20)16(8)24/h6-7,24H,3-5H2,1-2H3,(H,22,23). The second kappa shape index (κ2) is 6.82. The lowest BCUT2D eigenvalue weighted by molar-refractivity contribution is -0.137. The quantitative estimate of drug-likeness (QED) is 0.612. The second-order valence-corrected chi connectivity index (χ2v) is 7.03. The number of phenols is 1. The summed E-state index contributed by atoms with van der Waals surface area (Å²) in [4.78, 5) is 23.1. The molecule has 0 atom stereocenters. The van der Waals surface area contributed by atoms with Gasteiger partial charge in [-0.3, -0.25) is 9.59 Å². The summed E-state index contributed by atoms with van der Waals surface area (Å²) in [5.74, 6) is -0.809. The van der Waals surface area contributed by atoms with Crippen molar-refractivity contribution in [3.8, 4) is 17.1 Å². The highest BCUT2D eigenvalue weighted by atomic mass is 35.5. The van der Waals surface area contributed by atoms with E-state index in [4.69, 9.17) is 32.7 Å². The van der Waals surface area contributed by atoms with E-state index in [1.54, 1.807) is 26.0 Å². The van der Waals surface area contributed by atoms with Crippen LogP contribution in [0.5, 0.6) is 5.75 Å². The van der Waals surface area contributed by atoms with Gasteiger partial charge in [-0.05, 0) is 55.5 Å². The molecule has 3 rings (SSSR count). The van der Waals surface area contributed by atoms with Crippen molar-refractivity contribution in [3.63, 3.8) is 0 Å². The number of aromatic hydroxyl groups is 1. The molecule has 0 saturated heterocycles. The van der Waals surface area contributed by atoms with Crippen LogP contribution in [-0.4, -0.2) is 16.2 Å². The summed E-state index contributed by atoms with van der Waals surface area (Å²) in [6.45, 7) is 3.37. The highest BCUT2D eigenvalue weighted by Crippen LogP contribution is 2.43. The Balaban J connectivity index is 2.40. The Kier molecular flexibility index (Phi) is 4.86. The second-order valence-electron chi connectivity index (χ2n) is 6.27. The van der Waals surface area contributed by atoms with Gasteiger partial charge in [-0.2, -0.15) is 0 Å². The molecular formula is C19H16Cl2O5. The van der Waals surface area contributed by atoms with Gasteiger partial charge in [-0.15, -0.1) is 0 Å². The minimum atomic E-state index is -0.887. The molecule has 7 heteroatoms. The van der Waals surface area contributed by atoms with Crippen LogP contribution in [0.25, 0.3) is 22.3 Å². The molecule has 0 bridgehead atoms. The molecule has 2 aliphatic rings. The third-order valence-corrected chi connectivity index (χ3v) is 5.11. The van der Waals surface area contributed by atoms with Crippen molar-refractivity contribution >= 4 is 40.1 Å². The average molecular weight is 395 g/mol. The lowest BCUT2D eigenvalue weighted by atomic mass is 9.93. The molecule has 0 unspecified atom stereocenters. The molecule has 1 aromatic carbocycles. The maximum Gasteiger partial charge on any atom is 0.303 e. The fourth-order valence-corrected chi connectivity index (χ4v) is 3.65. The number of fused-ring (bicyclic) bond motifs is 2. The van der Waals surface area contributed by atoms with E-state index in [2.05, 4.69) is 0 Å². The van der Waals surface area contributed by atoms with E-state index in [0.717, 1.165) is 5.56 Å². The molecule has 2 N–H and O–H groups in total. The van der Waals surface area contributed by atoms with E-state index in [1.165, 1.54) is 0 Å². The van der Waals surface area contributed by atoms with Crippen molar-refractivity contribution in [2.45, 2.75) is 33.1 Å². The number of carbonyl (C=O) groups is 1. The van der Waals surface area contributed by atoms with E-state index >= 15 is 0 Å². The number of hydrogen-bond donors (Lipinski definition) is 2. The smallest absolute Gasteiger partial charge is 0.303 e. The van der Waals surface area contributed by atoms with Gasteiger partial charge >= 0.3 is 5.97 Å². The zero-order valence-electron chi connectivity index (χ0n) is 14.2. The number of hydrogen-bond acceptors (Lipinski definition) is 4. The molecule has 1 heterocycles. The largest absolute Gasteiger partial charge is 0.506 e. The van der Waals surface area contributed by atoms with Crippen LogP contribution in [0.3, 0.4) is 0 Å². The van der Waals surface area contributed by atoms with Gasteiger partial charge in [0.15, 0.2) is 11.3 Å². The van der Waals surface area contributed by atoms with Crippen LogP contribution >= 0.6 is 23.2 Å². The molecule has 0 amide bonds. The normalized spacial score (nSPS) is 11.4. The summed E-state index contributed by atoms with van der Waals surface area (Å²) in [7, 11) is 0. The van der Waals surface area contributed by atoms with Crippen LogP contribution in [0.1, 0.15) is 29.5 Å². The molecular weight excluding hydrogens is 379 g/mol. The van der Waals surface area contributed by atoms with Crippen molar-refractivity contribution in [2.24, 2.45) is 0 Å². The average Bonchev–Trinajstić information content (AvgIpc) is 2.58. The number of benzene rings is 2. The predicted molar refractivity (Wildman–Crippen MR) is 101 cm³/mol. The zero-order chi connectivity index (χ0) is 19.2. The summed E-state index contributed by atoms with van der Waals surface area (Å²) in [5, 5.41) is 19.7. The Morgan fingerprint density at radius 1 is 1.15 bits per heavy atom. The number of rotatable bonds is 4. The summed E-state index contributed by atoms with van der Waals surface area (Å²) in [6.07, 6.45) is 0.841. The summed E-state index contributed by atoms with van der Waals surface area (Å²) in [6, 6.07) is 3.43. The van der Waals surface area contributed by atoms with Gasteiger partial charge in [0, 0.05) is 17.4 Å². The maximum absolute atomic E-state index is 12.2. The minimum absolute atomic E-state index is 0.00613. The van der Waals surface area contributed by atoms with Gasteiger partial charge in [0.2, 0.25) is 5.43 Å². The Morgan fingerprint density at radius 2 is 1.85 bits per heavy atom.